The van der Waals surface area contributed by atoms with Crippen LogP contribution in [0.5, 0.6) is 5.75 Å². The van der Waals surface area contributed by atoms with Crippen molar-refractivity contribution in [2.75, 3.05) is 13.7 Å². The summed E-state index contributed by atoms with van der Waals surface area (Å²) in [4.78, 5) is 15.6. The number of nitriles is 1. The average Bonchev–Trinajstić information content (AvgIpc) is 3.23. The molecule has 0 radical (unpaired) electrons. The number of aromatic nitrogens is 2. The number of hydrogen-bond donors (Lipinski definition) is 1. The van der Waals surface area contributed by atoms with E-state index in [0.29, 0.717) is 39.8 Å². The van der Waals surface area contributed by atoms with Gasteiger partial charge < -0.3 is 19.3 Å². The van der Waals surface area contributed by atoms with Crippen LogP contribution in [0.25, 0.3) is 22.8 Å². The molecular formula is C22H21ClN4O4. The van der Waals surface area contributed by atoms with Gasteiger partial charge >= 0.3 is 5.97 Å². The Labute approximate surface area is 184 Å². The molecule has 0 atom stereocenters. The van der Waals surface area contributed by atoms with Crippen molar-refractivity contribution in [1.82, 2.24) is 15.5 Å². The molecule has 2 aromatic carbocycles. The summed E-state index contributed by atoms with van der Waals surface area (Å²) in [5.74, 6) is 0.753. The van der Waals surface area contributed by atoms with Crippen LogP contribution in [-0.2, 0) is 16.1 Å². The van der Waals surface area contributed by atoms with Crippen molar-refractivity contribution < 1.29 is 18.8 Å². The van der Waals surface area contributed by atoms with Crippen LogP contribution in [0.2, 0.25) is 5.02 Å². The largest absolute Gasteiger partial charge is 0.490 e. The van der Waals surface area contributed by atoms with Crippen molar-refractivity contribution in [2.45, 2.75) is 26.5 Å². The van der Waals surface area contributed by atoms with Crippen molar-refractivity contribution in [2.24, 2.45) is 0 Å². The summed E-state index contributed by atoms with van der Waals surface area (Å²) in [5, 5.41) is 16.8. The van der Waals surface area contributed by atoms with Crippen LogP contribution in [0.1, 0.15) is 25.0 Å². The summed E-state index contributed by atoms with van der Waals surface area (Å²) in [6.07, 6.45) is -0.0475. The van der Waals surface area contributed by atoms with E-state index < -0.39 is 0 Å². The Kier molecular flexibility index (Phi) is 7.23. The topological polar surface area (TPSA) is 110 Å². The van der Waals surface area contributed by atoms with E-state index in [1.807, 2.05) is 19.9 Å². The normalized spacial score (nSPS) is 10.7. The first-order valence-electron chi connectivity index (χ1n) is 9.52. The maximum Gasteiger partial charge on any atom is 0.319 e. The molecule has 1 heterocycles. The Bertz CT molecular complexity index is 1120. The van der Waals surface area contributed by atoms with Gasteiger partial charge in [-0.25, -0.2) is 0 Å². The Morgan fingerprint density at radius 2 is 2.10 bits per heavy atom. The van der Waals surface area contributed by atoms with Crippen LogP contribution in [0.3, 0.4) is 0 Å². The van der Waals surface area contributed by atoms with Crippen LogP contribution in [0.4, 0.5) is 0 Å². The Morgan fingerprint density at radius 3 is 2.77 bits per heavy atom. The van der Waals surface area contributed by atoms with Crippen molar-refractivity contribution in [3.8, 4) is 34.7 Å². The van der Waals surface area contributed by atoms with Crippen molar-refractivity contribution >= 4 is 17.6 Å². The molecule has 160 valence electrons. The highest BCUT2D eigenvalue weighted by Crippen LogP contribution is 2.30. The molecule has 1 aromatic heterocycles. The second-order valence-corrected chi connectivity index (χ2v) is 7.31. The third kappa shape index (κ3) is 5.60. The highest BCUT2D eigenvalue weighted by molar-refractivity contribution is 6.33. The number of halogens is 1. The minimum absolute atomic E-state index is 0.0475. The lowest BCUT2D eigenvalue weighted by Gasteiger charge is -2.11. The second kappa shape index (κ2) is 10.1. The molecule has 9 heteroatoms. The first-order chi connectivity index (χ1) is 14.9. The van der Waals surface area contributed by atoms with Crippen LogP contribution in [0.15, 0.2) is 40.9 Å². The van der Waals surface area contributed by atoms with Gasteiger partial charge in [0.1, 0.15) is 11.8 Å². The molecule has 0 fully saturated rings. The summed E-state index contributed by atoms with van der Waals surface area (Å²) in [6, 6.07) is 12.6. The standard InChI is InChI=1S/C22H21ClN4O4/c1-13(2)30-19-7-5-15(9-16(19)10-24)22-26-21(27-31-22)17-6-4-14(8-18(17)23)11-25-12-20(28)29-3/h4-9,13,25H,11-12H2,1-3H3. The van der Waals surface area contributed by atoms with Crippen LogP contribution in [0, 0.1) is 11.3 Å². The number of carbonyl (C=O) groups excluding carboxylic acids is 1. The Morgan fingerprint density at radius 1 is 1.29 bits per heavy atom. The van der Waals surface area contributed by atoms with E-state index in [4.69, 9.17) is 20.9 Å². The summed E-state index contributed by atoms with van der Waals surface area (Å²) in [6.45, 7) is 4.34. The van der Waals surface area contributed by atoms with Gasteiger partial charge in [0.05, 0.1) is 30.3 Å². The highest BCUT2D eigenvalue weighted by Gasteiger charge is 2.16. The fourth-order valence-corrected chi connectivity index (χ4v) is 3.08. The molecule has 3 rings (SSSR count). The lowest BCUT2D eigenvalue weighted by atomic mass is 10.1. The van der Waals surface area contributed by atoms with Gasteiger partial charge in [0, 0.05) is 17.7 Å². The summed E-state index contributed by atoms with van der Waals surface area (Å²) < 4.78 is 15.6. The molecule has 0 unspecified atom stereocenters. The number of carbonyl (C=O) groups is 1. The van der Waals surface area contributed by atoms with Crippen molar-refractivity contribution in [1.29, 1.82) is 5.26 Å². The lowest BCUT2D eigenvalue weighted by Crippen LogP contribution is -2.23. The monoisotopic (exact) mass is 440 g/mol. The van der Waals surface area contributed by atoms with E-state index >= 15 is 0 Å². The SMILES string of the molecule is COC(=O)CNCc1ccc(-c2noc(-c3ccc(OC(C)C)c(C#N)c3)n2)c(Cl)c1. The number of methoxy groups -OCH3 is 1. The number of hydrogen-bond acceptors (Lipinski definition) is 8. The molecule has 0 aliphatic heterocycles. The van der Waals surface area contributed by atoms with E-state index in [1.54, 1.807) is 30.3 Å². The number of nitrogens with one attached hydrogen (secondary N) is 1. The Balaban J connectivity index is 1.78. The Hall–Kier alpha value is -3.41. The number of benzene rings is 2. The zero-order valence-corrected chi connectivity index (χ0v) is 18.1. The minimum atomic E-state index is -0.342. The number of rotatable bonds is 8. The molecule has 0 spiro atoms. The fourth-order valence-electron chi connectivity index (χ4n) is 2.79. The van der Waals surface area contributed by atoms with Crippen LogP contribution < -0.4 is 10.1 Å². The number of ether oxygens (including phenoxy) is 2. The van der Waals surface area contributed by atoms with E-state index in [0.717, 1.165) is 5.56 Å². The molecule has 0 amide bonds. The average molecular weight is 441 g/mol. The molecular weight excluding hydrogens is 420 g/mol. The number of nitrogens with zero attached hydrogens (tertiary/aromatic N) is 3. The van der Waals surface area contributed by atoms with Gasteiger partial charge in [-0.1, -0.05) is 22.8 Å². The smallest absolute Gasteiger partial charge is 0.319 e. The van der Waals surface area contributed by atoms with E-state index in [2.05, 4.69) is 26.3 Å². The summed E-state index contributed by atoms with van der Waals surface area (Å²) in [7, 11) is 1.34. The van der Waals surface area contributed by atoms with Gasteiger partial charge in [-0.15, -0.1) is 0 Å². The quantitative estimate of drug-likeness (QED) is 0.523. The zero-order valence-electron chi connectivity index (χ0n) is 17.3. The molecule has 1 N–H and O–H groups in total. The molecule has 0 saturated heterocycles. The van der Waals surface area contributed by atoms with E-state index in [1.165, 1.54) is 7.11 Å². The molecule has 0 saturated carbocycles. The lowest BCUT2D eigenvalue weighted by molar-refractivity contribution is -0.139. The van der Waals surface area contributed by atoms with Gasteiger partial charge in [0.2, 0.25) is 5.82 Å². The zero-order chi connectivity index (χ0) is 22.4. The third-order valence-corrected chi connectivity index (χ3v) is 4.55. The predicted molar refractivity (Wildman–Crippen MR) is 114 cm³/mol. The van der Waals surface area contributed by atoms with Crippen LogP contribution in [-0.4, -0.2) is 35.9 Å². The predicted octanol–water partition coefficient (Wildman–Crippen LogP) is 3.98. The van der Waals surface area contributed by atoms with Gasteiger partial charge in [-0.05, 0) is 49.7 Å². The first-order valence-corrected chi connectivity index (χ1v) is 9.90. The fraction of sp³-hybridized carbons (Fsp3) is 0.273. The summed E-state index contributed by atoms with van der Waals surface area (Å²) in [5.41, 5.74) is 2.48. The van der Waals surface area contributed by atoms with Gasteiger partial charge in [-0.3, -0.25) is 4.79 Å². The maximum atomic E-state index is 11.2. The van der Waals surface area contributed by atoms with Crippen LogP contribution >= 0.6 is 11.6 Å². The summed E-state index contributed by atoms with van der Waals surface area (Å²) >= 11 is 6.40. The highest BCUT2D eigenvalue weighted by atomic mass is 35.5. The van der Waals surface area contributed by atoms with Gasteiger partial charge in [0.25, 0.3) is 5.89 Å². The molecule has 0 aliphatic rings. The van der Waals surface area contributed by atoms with Gasteiger partial charge in [0.15, 0.2) is 0 Å². The van der Waals surface area contributed by atoms with Gasteiger partial charge in [-0.2, -0.15) is 10.2 Å². The molecule has 0 aliphatic carbocycles. The molecule has 3 aromatic rings. The van der Waals surface area contributed by atoms with E-state index in [-0.39, 0.29) is 24.5 Å². The molecule has 8 nitrogen and oxygen atoms in total. The van der Waals surface area contributed by atoms with Crippen molar-refractivity contribution in [3.63, 3.8) is 0 Å². The second-order valence-electron chi connectivity index (χ2n) is 6.91. The third-order valence-electron chi connectivity index (χ3n) is 4.24. The number of esters is 1. The molecule has 31 heavy (non-hydrogen) atoms. The van der Waals surface area contributed by atoms with E-state index in [9.17, 15) is 10.1 Å². The first kappa shape index (κ1) is 22.3. The minimum Gasteiger partial charge on any atom is -0.490 e. The van der Waals surface area contributed by atoms with Crippen molar-refractivity contribution in [3.05, 3.63) is 52.5 Å². The molecule has 0 bridgehead atoms. The maximum absolute atomic E-state index is 11.2.